The van der Waals surface area contributed by atoms with Gasteiger partial charge in [-0.25, -0.2) is 0 Å². The maximum absolute atomic E-state index is 8.52. The molecule has 0 rings (SSSR count). The molecule has 7 nitrogen and oxygen atoms in total. The highest BCUT2D eigenvalue weighted by Crippen LogP contribution is 2.05. The smallest absolute Gasteiger partial charge is 0.282 e. The first-order chi connectivity index (χ1) is 5.94. The van der Waals surface area contributed by atoms with Gasteiger partial charge in [0.05, 0.1) is 0 Å². The SMILES string of the molecule is CC(C)(N)/N=N/C(C)(C)N.[O-][Cl+2]([O-])O. The number of azo groups is 1. The third-order valence-corrected chi connectivity index (χ3v) is 0.565. The van der Waals surface area contributed by atoms with Crippen LogP contribution < -0.4 is 20.8 Å². The van der Waals surface area contributed by atoms with E-state index in [2.05, 4.69) is 10.2 Å². The predicted octanol–water partition coefficient (Wildman–Crippen LogP) is -2.11. The number of rotatable bonds is 2. The number of hydrogen-bond acceptors (Lipinski definition) is 7. The van der Waals surface area contributed by atoms with Crippen molar-refractivity contribution in [2.75, 3.05) is 0 Å². The van der Waals surface area contributed by atoms with E-state index in [0.29, 0.717) is 0 Å². The molecule has 0 saturated carbocycles. The summed E-state index contributed by atoms with van der Waals surface area (Å²) in [5.74, 6) is 0. The van der Waals surface area contributed by atoms with Crippen LogP contribution in [0.25, 0.3) is 0 Å². The summed E-state index contributed by atoms with van der Waals surface area (Å²) in [5.41, 5.74) is 9.82. The van der Waals surface area contributed by atoms with Crippen molar-refractivity contribution in [1.29, 1.82) is 0 Å². The summed E-state index contributed by atoms with van der Waals surface area (Å²) in [4.78, 5) is 0. The molecule has 0 heterocycles. The van der Waals surface area contributed by atoms with E-state index >= 15 is 0 Å². The predicted molar refractivity (Wildman–Crippen MR) is 43.6 cm³/mol. The lowest BCUT2D eigenvalue weighted by molar-refractivity contribution is -1.63. The Balaban J connectivity index is 0. The summed E-state index contributed by atoms with van der Waals surface area (Å²) >= 11 is 0. The minimum Gasteiger partial charge on any atom is -0.321 e. The Morgan fingerprint density at radius 2 is 1.14 bits per heavy atom. The molecule has 0 atom stereocenters. The summed E-state index contributed by atoms with van der Waals surface area (Å²) in [6.07, 6.45) is 0. The number of halogens is 1. The summed E-state index contributed by atoms with van der Waals surface area (Å²) in [5, 5.41) is 7.61. The van der Waals surface area contributed by atoms with Crippen LogP contribution in [0.2, 0.25) is 0 Å². The first-order valence-electron chi connectivity index (χ1n) is 3.70. The van der Waals surface area contributed by atoms with Gasteiger partial charge in [0.25, 0.3) is 10.8 Å². The Kier molecular flexibility index (Phi) is 7.17. The zero-order chi connectivity index (χ0) is 12.0. The molecule has 0 aromatic carbocycles. The molecule has 0 spiro atoms. The molecular formula is C6H17ClN4O3. The van der Waals surface area contributed by atoms with E-state index in [0.717, 1.165) is 0 Å². The highest BCUT2D eigenvalue weighted by atomic mass is 35.6. The van der Waals surface area contributed by atoms with Gasteiger partial charge in [-0.05, 0) is 27.7 Å². The standard InChI is InChI=1S/C6H16N4.ClHO3/c1-5(2,7)9-10-6(3,4)8;2-1(3)4/h7-8H2,1-4H3;2H/b10-9+;. The second kappa shape index (κ2) is 6.23. The first-order valence-corrected chi connectivity index (χ1v) is 4.66. The van der Waals surface area contributed by atoms with Crippen LogP contribution in [0, 0.1) is 10.8 Å². The lowest BCUT2D eigenvalue weighted by atomic mass is 10.3. The molecule has 86 valence electrons. The largest absolute Gasteiger partial charge is 0.321 e. The fourth-order valence-corrected chi connectivity index (χ4v) is 0.258. The minimum absolute atomic E-state index is 0.614. The van der Waals surface area contributed by atoms with Crippen molar-refractivity contribution in [3.05, 3.63) is 0 Å². The average molecular weight is 229 g/mol. The molecule has 0 aromatic heterocycles. The molecule has 0 aromatic rings. The van der Waals surface area contributed by atoms with Crippen LogP contribution in [-0.2, 0) is 0 Å². The third kappa shape index (κ3) is 29.8. The topological polar surface area (TPSA) is 143 Å². The summed E-state index contributed by atoms with van der Waals surface area (Å²) < 4.78 is 24.0. The van der Waals surface area contributed by atoms with Gasteiger partial charge in [0.2, 0.25) is 0 Å². The molecule has 0 bridgehead atoms. The molecule has 0 radical (unpaired) electrons. The van der Waals surface area contributed by atoms with Crippen LogP contribution >= 0.6 is 0 Å². The zero-order valence-corrected chi connectivity index (χ0v) is 9.45. The molecule has 0 saturated heterocycles. The summed E-state index contributed by atoms with van der Waals surface area (Å²) in [6.45, 7) is 7.06. The van der Waals surface area contributed by atoms with E-state index < -0.39 is 22.1 Å². The second-order valence-corrected chi connectivity index (χ2v) is 4.11. The van der Waals surface area contributed by atoms with Gasteiger partial charge in [0, 0.05) is 4.66 Å². The van der Waals surface area contributed by atoms with E-state index in [1.54, 1.807) is 27.7 Å². The van der Waals surface area contributed by atoms with Crippen molar-refractivity contribution >= 4 is 0 Å². The van der Waals surface area contributed by atoms with Gasteiger partial charge in [-0.1, -0.05) is 0 Å². The normalized spacial score (nSPS) is 13.0. The Morgan fingerprint density at radius 3 is 1.21 bits per heavy atom. The minimum atomic E-state index is -2.60. The van der Waals surface area contributed by atoms with Crippen LogP contribution in [0.1, 0.15) is 27.7 Å². The highest BCUT2D eigenvalue weighted by molar-refractivity contribution is 4.70. The fraction of sp³-hybridized carbons (Fsp3) is 1.00. The molecule has 14 heavy (non-hydrogen) atoms. The molecule has 0 fully saturated rings. The molecule has 0 amide bonds. The zero-order valence-electron chi connectivity index (χ0n) is 8.69. The summed E-state index contributed by atoms with van der Waals surface area (Å²) in [7, 11) is -2.60. The molecule has 0 unspecified atom stereocenters. The fourth-order valence-electron chi connectivity index (χ4n) is 0.258. The van der Waals surface area contributed by atoms with E-state index in [1.807, 2.05) is 0 Å². The van der Waals surface area contributed by atoms with E-state index in [1.165, 1.54) is 0 Å². The van der Waals surface area contributed by atoms with Crippen LogP contribution in [-0.4, -0.2) is 16.0 Å². The lowest BCUT2D eigenvalue weighted by Crippen LogP contribution is -2.33. The van der Waals surface area contributed by atoms with E-state index in [4.69, 9.17) is 25.4 Å². The third-order valence-electron chi connectivity index (χ3n) is 0.565. The molecule has 0 aliphatic heterocycles. The first kappa shape index (κ1) is 16.1. The van der Waals surface area contributed by atoms with Crippen LogP contribution in [0.5, 0.6) is 0 Å². The molecular weight excluding hydrogens is 212 g/mol. The van der Waals surface area contributed by atoms with Crippen molar-refractivity contribution in [2.24, 2.45) is 21.7 Å². The van der Waals surface area contributed by atoms with Crippen molar-refractivity contribution in [1.82, 2.24) is 0 Å². The maximum atomic E-state index is 8.52. The Morgan fingerprint density at radius 1 is 1.00 bits per heavy atom. The maximum Gasteiger partial charge on any atom is 0.282 e. The van der Waals surface area contributed by atoms with Crippen LogP contribution in [0.15, 0.2) is 10.2 Å². The van der Waals surface area contributed by atoms with Crippen molar-refractivity contribution < 1.29 is 24.8 Å². The van der Waals surface area contributed by atoms with Gasteiger partial charge in [-0.3, -0.25) is 0 Å². The van der Waals surface area contributed by atoms with Gasteiger partial charge in [-0.15, -0.1) is 0 Å². The van der Waals surface area contributed by atoms with Gasteiger partial charge in [0.1, 0.15) is 11.3 Å². The Labute approximate surface area is 86.2 Å². The monoisotopic (exact) mass is 228 g/mol. The Hall–Kier alpha value is -0.310. The van der Waals surface area contributed by atoms with Crippen molar-refractivity contribution in [3.8, 4) is 0 Å². The lowest BCUT2D eigenvalue weighted by Gasteiger charge is -2.15. The van der Waals surface area contributed by atoms with Gasteiger partial charge < -0.3 is 20.8 Å². The number of nitrogens with two attached hydrogens (primary N) is 2. The second-order valence-electron chi connectivity index (χ2n) is 3.71. The Bertz CT molecular complexity index is 154. The highest BCUT2D eigenvalue weighted by Gasteiger charge is 2.12. The van der Waals surface area contributed by atoms with Gasteiger partial charge >= 0.3 is 0 Å². The van der Waals surface area contributed by atoms with Gasteiger partial charge in [0.15, 0.2) is 0 Å². The van der Waals surface area contributed by atoms with Crippen molar-refractivity contribution in [2.45, 2.75) is 39.0 Å². The van der Waals surface area contributed by atoms with Crippen molar-refractivity contribution in [3.63, 3.8) is 0 Å². The van der Waals surface area contributed by atoms with Crippen LogP contribution in [0.4, 0.5) is 0 Å². The number of hydrogen-bond donors (Lipinski definition) is 3. The quantitative estimate of drug-likeness (QED) is 0.464. The van der Waals surface area contributed by atoms with E-state index in [-0.39, 0.29) is 0 Å². The van der Waals surface area contributed by atoms with Gasteiger partial charge in [-0.2, -0.15) is 10.2 Å². The molecule has 0 aliphatic carbocycles. The molecule has 5 N–H and O–H groups in total. The summed E-state index contributed by atoms with van der Waals surface area (Å²) in [6, 6.07) is 0. The number of nitrogens with zero attached hydrogens (tertiary/aromatic N) is 2. The van der Waals surface area contributed by atoms with E-state index in [9.17, 15) is 0 Å². The average Bonchev–Trinajstić information content (AvgIpc) is 1.79. The molecule has 8 heteroatoms. The molecule has 0 aliphatic rings. The van der Waals surface area contributed by atoms with Crippen LogP contribution in [0.3, 0.4) is 0 Å².